The number of carbonyl (C=O) groups is 1. The van der Waals surface area contributed by atoms with Crippen molar-refractivity contribution in [1.82, 2.24) is 0 Å². The van der Waals surface area contributed by atoms with Crippen LogP contribution >= 0.6 is 10.2 Å². The molecule has 18 heavy (non-hydrogen) atoms. The molecule has 1 aromatic rings. The van der Waals surface area contributed by atoms with Crippen LogP contribution in [0.1, 0.15) is 6.92 Å². The van der Waals surface area contributed by atoms with E-state index in [1.54, 1.807) is 0 Å². The first-order valence-corrected chi connectivity index (χ1v) is 6.56. The van der Waals surface area contributed by atoms with Gasteiger partial charge in [0.25, 0.3) is 5.91 Å². The molecule has 1 rings (SSSR count). The summed E-state index contributed by atoms with van der Waals surface area (Å²) in [5.41, 5.74) is 0.125. The van der Waals surface area contributed by atoms with Gasteiger partial charge >= 0.3 is 10.2 Å². The molecule has 1 amide bonds. The number of halogens is 5. The van der Waals surface area contributed by atoms with Crippen LogP contribution in [0.3, 0.4) is 0 Å². The Kier molecular flexibility index (Phi) is 2.79. The van der Waals surface area contributed by atoms with Crippen LogP contribution in [0.5, 0.6) is 0 Å². The largest absolute Gasteiger partial charge is 0.322 e. The summed E-state index contributed by atoms with van der Waals surface area (Å²) in [5.74, 6) is -0.602. The quantitative estimate of drug-likeness (QED) is 0.624. The zero-order valence-corrected chi connectivity index (χ0v) is 10.0. The van der Waals surface area contributed by atoms with E-state index < -0.39 is 21.0 Å². The predicted octanol–water partition coefficient (Wildman–Crippen LogP) is 4.86. The molecule has 0 unspecified atom stereocenters. The lowest BCUT2D eigenvalue weighted by atomic mass is 10.3. The predicted molar refractivity (Wildman–Crippen MR) is 61.3 cm³/mol. The normalized spacial score (nSPS) is 15.4. The van der Waals surface area contributed by atoms with Gasteiger partial charge in [-0.3, -0.25) is 4.79 Å². The minimum absolute atomic E-state index is 0.0198. The van der Waals surface area contributed by atoms with Crippen molar-refractivity contribution >= 4 is 21.8 Å². The lowest BCUT2D eigenvalue weighted by Crippen LogP contribution is -2.12. The maximum absolute atomic E-state index is 12.4. The minimum atomic E-state index is -9.65. The summed E-state index contributed by atoms with van der Waals surface area (Å²) in [4.78, 5) is 9.15. The Labute approximate surface area is 100 Å². The van der Waals surface area contributed by atoms with Crippen molar-refractivity contribution in [3.63, 3.8) is 0 Å². The lowest BCUT2D eigenvalue weighted by molar-refractivity contribution is -0.112. The van der Waals surface area contributed by atoms with Gasteiger partial charge in [0.1, 0.15) is 4.90 Å². The summed E-state index contributed by atoms with van der Waals surface area (Å²) in [6.07, 6.45) is 0. The molecule has 0 saturated carbocycles. The standard InChI is InChI=1S/C10H10F5NOS/c1-7(2)10(17)16-8-3-5-9(6-4-8)18(11,12,13,14)15/h3-6H,1H2,2H3,(H,16,17). The Morgan fingerprint density at radius 2 is 1.56 bits per heavy atom. The molecular formula is C10H10F5NOS. The number of rotatable bonds is 3. The van der Waals surface area contributed by atoms with Crippen LogP contribution in [0.25, 0.3) is 0 Å². The molecule has 0 aliphatic heterocycles. The smallest absolute Gasteiger partial charge is 0.310 e. The molecule has 8 heteroatoms. The average molecular weight is 287 g/mol. The molecule has 1 N–H and O–H groups in total. The summed E-state index contributed by atoms with van der Waals surface area (Å²) >= 11 is 0. The third-order valence-electron chi connectivity index (χ3n) is 1.95. The van der Waals surface area contributed by atoms with E-state index >= 15 is 0 Å². The molecular weight excluding hydrogens is 277 g/mol. The van der Waals surface area contributed by atoms with Crippen molar-refractivity contribution in [2.24, 2.45) is 0 Å². The fourth-order valence-electron chi connectivity index (χ4n) is 1.03. The molecule has 0 bridgehead atoms. The third-order valence-corrected chi connectivity index (χ3v) is 3.11. The number of hydrogen-bond donors (Lipinski definition) is 1. The SMILES string of the molecule is C=C(C)C(=O)Nc1ccc(S(F)(F)(F)(F)F)cc1. The van der Waals surface area contributed by atoms with E-state index in [4.69, 9.17) is 0 Å². The molecule has 0 radical (unpaired) electrons. The Morgan fingerprint density at radius 1 is 1.11 bits per heavy atom. The van der Waals surface area contributed by atoms with Gasteiger partial charge in [-0.15, -0.1) is 0 Å². The average Bonchev–Trinajstić information content (AvgIpc) is 2.14. The second-order valence-corrected chi connectivity index (χ2v) is 6.14. The molecule has 2 nitrogen and oxygen atoms in total. The highest BCUT2D eigenvalue weighted by Gasteiger charge is 2.65. The Balaban J connectivity index is 3.03. The number of anilines is 1. The molecule has 102 valence electrons. The monoisotopic (exact) mass is 287 g/mol. The van der Waals surface area contributed by atoms with Crippen molar-refractivity contribution < 1.29 is 24.2 Å². The van der Waals surface area contributed by atoms with E-state index in [1.165, 1.54) is 6.92 Å². The van der Waals surface area contributed by atoms with Crippen LogP contribution in [-0.4, -0.2) is 5.91 Å². The third kappa shape index (κ3) is 3.73. The Hall–Kier alpha value is -1.57. The fourth-order valence-corrected chi connectivity index (χ4v) is 1.68. The van der Waals surface area contributed by atoms with Gasteiger partial charge in [0, 0.05) is 11.3 Å². The van der Waals surface area contributed by atoms with E-state index in [2.05, 4.69) is 11.9 Å². The van der Waals surface area contributed by atoms with Crippen molar-refractivity contribution in [3.05, 3.63) is 36.4 Å². The molecule has 0 fully saturated rings. The van der Waals surface area contributed by atoms with E-state index in [9.17, 15) is 24.2 Å². The van der Waals surface area contributed by atoms with Crippen molar-refractivity contribution in [2.45, 2.75) is 11.8 Å². The van der Waals surface area contributed by atoms with Gasteiger partial charge in [-0.05, 0) is 31.2 Å². The summed E-state index contributed by atoms with van der Waals surface area (Å²) in [7, 11) is -9.65. The van der Waals surface area contributed by atoms with Gasteiger partial charge in [0.2, 0.25) is 0 Å². The molecule has 0 atom stereocenters. The molecule has 0 aromatic heterocycles. The van der Waals surface area contributed by atoms with Crippen LogP contribution in [0, 0.1) is 0 Å². The van der Waals surface area contributed by atoms with Gasteiger partial charge in [-0.1, -0.05) is 26.0 Å². The highest BCUT2D eigenvalue weighted by atomic mass is 32.5. The number of amides is 1. The van der Waals surface area contributed by atoms with Gasteiger partial charge in [0.15, 0.2) is 0 Å². The maximum Gasteiger partial charge on any atom is 0.310 e. The van der Waals surface area contributed by atoms with E-state index in [1.807, 2.05) is 0 Å². The van der Waals surface area contributed by atoms with Crippen molar-refractivity contribution in [2.75, 3.05) is 5.32 Å². The first-order valence-electron chi connectivity index (χ1n) is 4.60. The number of nitrogens with one attached hydrogen (secondary N) is 1. The van der Waals surface area contributed by atoms with Gasteiger partial charge in [-0.2, -0.15) is 0 Å². The highest BCUT2D eigenvalue weighted by molar-refractivity contribution is 8.45. The molecule has 0 saturated heterocycles. The molecule has 1 aromatic carbocycles. The van der Waals surface area contributed by atoms with E-state index in [-0.39, 0.29) is 23.4 Å². The van der Waals surface area contributed by atoms with Crippen LogP contribution in [0.4, 0.5) is 25.1 Å². The topological polar surface area (TPSA) is 29.1 Å². The van der Waals surface area contributed by atoms with Gasteiger partial charge < -0.3 is 5.32 Å². The van der Waals surface area contributed by atoms with Crippen LogP contribution in [0.2, 0.25) is 0 Å². The Morgan fingerprint density at radius 3 is 1.89 bits per heavy atom. The summed E-state index contributed by atoms with van der Waals surface area (Å²) in [5, 5.41) is 2.21. The van der Waals surface area contributed by atoms with E-state index in [0.717, 1.165) is 12.1 Å². The van der Waals surface area contributed by atoms with E-state index in [0.29, 0.717) is 0 Å². The number of carbonyl (C=O) groups excluding carboxylic acids is 1. The van der Waals surface area contributed by atoms with Crippen molar-refractivity contribution in [3.8, 4) is 0 Å². The summed E-state index contributed by atoms with van der Waals surface area (Å²) < 4.78 is 61.8. The number of hydrogen-bond acceptors (Lipinski definition) is 1. The fraction of sp³-hybridized carbons (Fsp3) is 0.100. The first-order chi connectivity index (χ1) is 7.79. The Bertz CT molecular complexity index is 505. The molecule has 0 spiro atoms. The second kappa shape index (κ2) is 3.47. The molecule has 0 aliphatic rings. The van der Waals surface area contributed by atoms with Crippen molar-refractivity contribution in [1.29, 1.82) is 0 Å². The summed E-state index contributed by atoms with van der Waals surface area (Å²) in [6.45, 7) is 4.73. The molecule has 0 aliphatic carbocycles. The lowest BCUT2D eigenvalue weighted by Gasteiger charge is -2.40. The summed E-state index contributed by atoms with van der Waals surface area (Å²) in [6, 6.07) is 1.98. The zero-order chi connectivity index (χ0) is 14.3. The van der Waals surface area contributed by atoms with Gasteiger partial charge in [-0.25, -0.2) is 0 Å². The molecule has 0 heterocycles. The van der Waals surface area contributed by atoms with Crippen LogP contribution in [0.15, 0.2) is 41.3 Å². The van der Waals surface area contributed by atoms with Gasteiger partial charge in [0.05, 0.1) is 0 Å². The second-order valence-electron chi connectivity index (χ2n) is 3.73. The maximum atomic E-state index is 12.4. The first kappa shape index (κ1) is 14.5. The number of benzene rings is 1. The zero-order valence-electron chi connectivity index (χ0n) is 9.22. The van der Waals surface area contributed by atoms with Crippen LogP contribution in [-0.2, 0) is 4.79 Å². The highest BCUT2D eigenvalue weighted by Crippen LogP contribution is 3.02. The minimum Gasteiger partial charge on any atom is -0.322 e. The van der Waals surface area contributed by atoms with Crippen LogP contribution < -0.4 is 5.32 Å².